The number of carbonyl (C=O) groups excluding carboxylic acids is 1. The predicted octanol–water partition coefficient (Wildman–Crippen LogP) is 4.49. The number of ketones is 1. The molecule has 2 N–H and O–H groups in total. The smallest absolute Gasteiger partial charge is 0.257 e. The lowest BCUT2D eigenvalue weighted by atomic mass is 9.69. The van der Waals surface area contributed by atoms with Crippen LogP contribution in [-0.2, 0) is 4.79 Å². The topological polar surface area (TPSA) is 93.3 Å². The number of nitrogens with zero attached hydrogens (tertiary/aromatic N) is 1. The number of hydrogen-bond donors (Lipinski definition) is 2. The summed E-state index contributed by atoms with van der Waals surface area (Å²) in [5, 5.41) is 3.93. The molecule has 170 valence electrons. The Balaban J connectivity index is 1.93. The van der Waals surface area contributed by atoms with E-state index in [-0.39, 0.29) is 16.8 Å². The second-order valence-corrected chi connectivity index (χ2v) is 10.1. The van der Waals surface area contributed by atoms with Gasteiger partial charge in [0, 0.05) is 29.4 Å². The SMILES string of the molecule is CCCSc1nc2c(c(=O)[nH]1)[C@H](c1ccc(OC)c(OC)c1)C1=C(CC(C)(C)CC1=O)N2. The zero-order valence-electron chi connectivity index (χ0n) is 19.1. The van der Waals surface area contributed by atoms with Crippen LogP contribution in [0.2, 0.25) is 0 Å². The van der Waals surface area contributed by atoms with E-state index in [0.717, 1.165) is 23.4 Å². The molecule has 0 saturated heterocycles. The molecule has 0 fully saturated rings. The van der Waals surface area contributed by atoms with Crippen LogP contribution in [0.15, 0.2) is 39.4 Å². The molecular weight excluding hydrogens is 426 g/mol. The summed E-state index contributed by atoms with van der Waals surface area (Å²) in [6.45, 7) is 6.26. The Morgan fingerprint density at radius 2 is 1.91 bits per heavy atom. The predicted molar refractivity (Wildman–Crippen MR) is 126 cm³/mol. The third-order valence-corrected chi connectivity index (χ3v) is 6.96. The lowest BCUT2D eigenvalue weighted by Gasteiger charge is -2.38. The van der Waals surface area contributed by atoms with Crippen molar-refractivity contribution in [3.63, 3.8) is 0 Å². The summed E-state index contributed by atoms with van der Waals surface area (Å²) in [6.07, 6.45) is 2.12. The molecule has 1 aromatic carbocycles. The first kappa shape index (κ1) is 22.5. The van der Waals surface area contributed by atoms with Gasteiger partial charge in [0.2, 0.25) is 0 Å². The van der Waals surface area contributed by atoms with Crippen LogP contribution in [0.4, 0.5) is 5.82 Å². The molecule has 1 aliphatic heterocycles. The average molecular weight is 456 g/mol. The van der Waals surface area contributed by atoms with Gasteiger partial charge in [-0.3, -0.25) is 9.59 Å². The maximum Gasteiger partial charge on any atom is 0.257 e. The van der Waals surface area contributed by atoms with Gasteiger partial charge in [0.1, 0.15) is 5.82 Å². The molecule has 0 saturated carbocycles. The molecule has 1 aromatic heterocycles. The molecule has 7 nitrogen and oxygen atoms in total. The van der Waals surface area contributed by atoms with Gasteiger partial charge in [-0.25, -0.2) is 4.98 Å². The highest BCUT2D eigenvalue weighted by molar-refractivity contribution is 7.99. The van der Waals surface area contributed by atoms with Crippen molar-refractivity contribution in [3.05, 3.63) is 50.9 Å². The number of rotatable bonds is 6. The van der Waals surface area contributed by atoms with E-state index < -0.39 is 5.92 Å². The summed E-state index contributed by atoms with van der Waals surface area (Å²) in [5.74, 6) is 2.06. The fourth-order valence-corrected chi connectivity index (χ4v) is 5.24. The molecule has 0 spiro atoms. The van der Waals surface area contributed by atoms with Crippen molar-refractivity contribution in [1.29, 1.82) is 0 Å². The number of carbonyl (C=O) groups is 1. The number of anilines is 1. The van der Waals surface area contributed by atoms with E-state index in [1.807, 2.05) is 12.1 Å². The molecule has 0 bridgehead atoms. The van der Waals surface area contributed by atoms with E-state index in [0.29, 0.717) is 46.5 Å². The minimum absolute atomic E-state index is 0.0537. The van der Waals surface area contributed by atoms with E-state index in [4.69, 9.17) is 14.5 Å². The third-order valence-electron chi connectivity index (χ3n) is 5.88. The summed E-state index contributed by atoms with van der Waals surface area (Å²) in [5.41, 5.74) is 2.36. The first-order chi connectivity index (χ1) is 15.3. The summed E-state index contributed by atoms with van der Waals surface area (Å²) in [6, 6.07) is 5.54. The zero-order chi connectivity index (χ0) is 23.0. The second-order valence-electron chi connectivity index (χ2n) is 8.99. The molecular formula is C24H29N3O4S. The van der Waals surface area contributed by atoms with Gasteiger partial charge >= 0.3 is 0 Å². The van der Waals surface area contributed by atoms with Crippen LogP contribution in [0.1, 0.15) is 57.1 Å². The lowest BCUT2D eigenvalue weighted by Crippen LogP contribution is -2.37. The summed E-state index contributed by atoms with van der Waals surface area (Å²) in [7, 11) is 3.15. The van der Waals surface area contributed by atoms with Crippen LogP contribution >= 0.6 is 11.8 Å². The van der Waals surface area contributed by atoms with Crippen molar-refractivity contribution in [2.75, 3.05) is 25.3 Å². The molecule has 2 aliphatic rings. The molecule has 0 radical (unpaired) electrons. The number of aromatic nitrogens is 2. The Bertz CT molecular complexity index is 1150. The largest absolute Gasteiger partial charge is 0.493 e. The van der Waals surface area contributed by atoms with Crippen LogP contribution < -0.4 is 20.3 Å². The molecule has 2 heterocycles. The summed E-state index contributed by atoms with van der Waals surface area (Å²) < 4.78 is 10.9. The van der Waals surface area contributed by atoms with E-state index in [1.165, 1.54) is 11.8 Å². The van der Waals surface area contributed by atoms with Gasteiger partial charge in [0.15, 0.2) is 22.4 Å². The molecule has 1 atom stereocenters. The normalized spacial score (nSPS) is 19.2. The highest BCUT2D eigenvalue weighted by Gasteiger charge is 2.42. The summed E-state index contributed by atoms with van der Waals surface area (Å²) >= 11 is 1.52. The molecule has 0 unspecified atom stereocenters. The van der Waals surface area contributed by atoms with Gasteiger partial charge < -0.3 is 19.8 Å². The van der Waals surface area contributed by atoms with Gasteiger partial charge in [0.05, 0.1) is 19.8 Å². The Morgan fingerprint density at radius 1 is 1.16 bits per heavy atom. The zero-order valence-corrected chi connectivity index (χ0v) is 19.9. The number of H-pyrrole nitrogens is 1. The van der Waals surface area contributed by atoms with Crippen molar-refractivity contribution in [3.8, 4) is 11.5 Å². The first-order valence-corrected chi connectivity index (χ1v) is 11.8. The maximum absolute atomic E-state index is 13.3. The van der Waals surface area contributed by atoms with Crippen LogP contribution in [0, 0.1) is 5.41 Å². The Morgan fingerprint density at radius 3 is 2.59 bits per heavy atom. The molecule has 1 aliphatic carbocycles. The van der Waals surface area contributed by atoms with Crippen LogP contribution in [-0.4, -0.2) is 35.7 Å². The number of fused-ring (bicyclic) bond motifs is 1. The second kappa shape index (κ2) is 8.65. The number of nitrogens with one attached hydrogen (secondary N) is 2. The number of Topliss-reactive ketones (excluding diaryl/α,β-unsaturated/α-hetero) is 1. The molecule has 2 aromatic rings. The highest BCUT2D eigenvalue weighted by atomic mass is 32.2. The first-order valence-electron chi connectivity index (χ1n) is 10.8. The monoisotopic (exact) mass is 455 g/mol. The molecule has 8 heteroatoms. The standard InChI is InChI=1S/C24H29N3O4S/c1-6-9-32-23-26-21-20(22(29)27-23)18(13-7-8-16(30-4)17(10-13)31-5)19-14(25-21)11-24(2,3)12-15(19)28/h7-8,10,18H,6,9,11-12H2,1-5H3,(H2,25,26,27,29)/t18-/m1/s1. The van der Waals surface area contributed by atoms with Crippen molar-refractivity contribution in [2.24, 2.45) is 5.41 Å². The maximum atomic E-state index is 13.3. The summed E-state index contributed by atoms with van der Waals surface area (Å²) in [4.78, 5) is 34.3. The third kappa shape index (κ3) is 4.03. The number of allylic oxidation sites excluding steroid dienone is 2. The quantitative estimate of drug-likeness (QED) is 0.490. The number of ether oxygens (including phenoxy) is 2. The fourth-order valence-electron chi connectivity index (χ4n) is 4.53. The molecule has 4 rings (SSSR count). The van der Waals surface area contributed by atoms with Crippen molar-refractivity contribution in [2.45, 2.75) is 51.1 Å². The number of methoxy groups -OCH3 is 2. The number of thioether (sulfide) groups is 1. The Hall–Kier alpha value is -2.74. The van der Waals surface area contributed by atoms with Crippen molar-refractivity contribution >= 4 is 23.4 Å². The number of hydrogen-bond acceptors (Lipinski definition) is 7. The van der Waals surface area contributed by atoms with Gasteiger partial charge in [-0.1, -0.05) is 38.6 Å². The number of aromatic amines is 1. The van der Waals surface area contributed by atoms with E-state index in [1.54, 1.807) is 20.3 Å². The Labute approximate surface area is 192 Å². The van der Waals surface area contributed by atoms with Crippen molar-refractivity contribution < 1.29 is 14.3 Å². The Kier molecular flexibility index (Phi) is 6.07. The minimum atomic E-state index is -0.522. The molecule has 32 heavy (non-hydrogen) atoms. The van der Waals surface area contributed by atoms with E-state index >= 15 is 0 Å². The van der Waals surface area contributed by atoms with E-state index in [9.17, 15) is 9.59 Å². The van der Waals surface area contributed by atoms with E-state index in [2.05, 4.69) is 31.1 Å². The molecule has 0 amide bonds. The van der Waals surface area contributed by atoms with Crippen LogP contribution in [0.3, 0.4) is 0 Å². The van der Waals surface area contributed by atoms with Gasteiger partial charge in [0.25, 0.3) is 5.56 Å². The minimum Gasteiger partial charge on any atom is -0.493 e. The average Bonchev–Trinajstić information content (AvgIpc) is 2.74. The lowest BCUT2D eigenvalue weighted by molar-refractivity contribution is -0.118. The van der Waals surface area contributed by atoms with Gasteiger partial charge in [-0.05, 0) is 36.0 Å². The van der Waals surface area contributed by atoms with Crippen LogP contribution in [0.5, 0.6) is 11.5 Å². The fraction of sp³-hybridized carbons (Fsp3) is 0.458. The number of benzene rings is 1. The van der Waals surface area contributed by atoms with Crippen molar-refractivity contribution in [1.82, 2.24) is 9.97 Å². The van der Waals surface area contributed by atoms with Gasteiger partial charge in [-0.15, -0.1) is 0 Å². The van der Waals surface area contributed by atoms with Gasteiger partial charge in [-0.2, -0.15) is 0 Å². The van der Waals surface area contributed by atoms with Crippen LogP contribution in [0.25, 0.3) is 0 Å². The highest BCUT2D eigenvalue weighted by Crippen LogP contribution is 2.48.